The van der Waals surface area contributed by atoms with Crippen molar-refractivity contribution in [3.8, 4) is 11.1 Å². The fourth-order valence-corrected chi connectivity index (χ4v) is 6.41. The van der Waals surface area contributed by atoms with Crippen molar-refractivity contribution in [3.63, 3.8) is 0 Å². The van der Waals surface area contributed by atoms with Crippen molar-refractivity contribution in [3.05, 3.63) is 153 Å². The van der Waals surface area contributed by atoms with E-state index in [2.05, 4.69) is 31.2 Å². The highest BCUT2D eigenvalue weighted by Crippen LogP contribution is 2.38. The summed E-state index contributed by atoms with van der Waals surface area (Å²) in [6.45, 7) is 0. The summed E-state index contributed by atoms with van der Waals surface area (Å²) < 4.78 is 28.8. The van der Waals surface area contributed by atoms with Gasteiger partial charge in [0.2, 0.25) is 0 Å². The van der Waals surface area contributed by atoms with Gasteiger partial charge in [0.15, 0.2) is 0 Å². The largest absolute Gasteiger partial charge is 0.480 e. The van der Waals surface area contributed by atoms with Gasteiger partial charge in [-0.05, 0) is 45.1 Å². The molecule has 1 amide bonds. The number of carbonyl (C=O) groups excluding carboxylic acids is 1. The number of benzene rings is 5. The molecule has 0 bridgehead atoms. The molecule has 0 saturated heterocycles. The Kier molecular flexibility index (Phi) is 10.1. The number of halogens is 5. The van der Waals surface area contributed by atoms with E-state index in [1.807, 2.05) is 60.7 Å². The second-order valence-corrected chi connectivity index (χ2v) is 12.4. The minimum absolute atomic E-state index is 0.134. The molecule has 1 atom stereocenters. The van der Waals surface area contributed by atoms with E-state index < -0.39 is 35.1 Å². The van der Waals surface area contributed by atoms with E-state index >= 15 is 0 Å². The van der Waals surface area contributed by atoms with E-state index in [0.29, 0.717) is 31.1 Å². The number of aliphatic carboxylic acids is 1. The van der Waals surface area contributed by atoms with E-state index in [9.17, 15) is 23.5 Å². The van der Waals surface area contributed by atoms with Crippen LogP contribution in [-0.2, 0) is 11.2 Å². The van der Waals surface area contributed by atoms with Gasteiger partial charge in [-0.3, -0.25) is 9.78 Å². The number of carboxylic acid groups (broad SMARTS) is 1. The number of pyridine rings is 2. The quantitative estimate of drug-likeness (QED) is 0.165. The molecule has 0 radical (unpaired) electrons. The molecular weight excluding hydrogens is 735 g/mol. The molecule has 0 spiro atoms. The van der Waals surface area contributed by atoms with Crippen LogP contribution in [0.3, 0.4) is 0 Å². The van der Waals surface area contributed by atoms with Crippen LogP contribution in [0.15, 0.2) is 120 Å². The molecule has 0 unspecified atom stereocenters. The van der Waals surface area contributed by atoms with Crippen molar-refractivity contribution >= 4 is 83.5 Å². The van der Waals surface area contributed by atoms with Gasteiger partial charge in [0.05, 0.1) is 15.6 Å². The number of hydrogen-bond donors (Lipinski definition) is 2. The lowest BCUT2D eigenvalue weighted by Gasteiger charge is -2.18. The molecule has 49 heavy (non-hydrogen) atoms. The number of nitrogens with zero attached hydrogens (tertiary/aromatic N) is 2. The van der Waals surface area contributed by atoms with Crippen molar-refractivity contribution in [2.75, 3.05) is 0 Å². The van der Waals surface area contributed by atoms with E-state index in [0.717, 1.165) is 50.9 Å². The third-order valence-corrected chi connectivity index (χ3v) is 9.55. The molecule has 2 aromatic heterocycles. The Morgan fingerprint density at radius 1 is 0.735 bits per heavy atom. The van der Waals surface area contributed by atoms with Gasteiger partial charge in [0.1, 0.15) is 27.8 Å². The fourth-order valence-electron chi connectivity index (χ4n) is 5.54. The number of fused-ring (bicyclic) bond motifs is 3. The summed E-state index contributed by atoms with van der Waals surface area (Å²) in [6.07, 6.45) is 3.29. The molecule has 7 aromatic rings. The zero-order valence-corrected chi connectivity index (χ0v) is 28.4. The van der Waals surface area contributed by atoms with Crippen LogP contribution in [0.5, 0.6) is 0 Å². The normalized spacial score (nSPS) is 11.6. The van der Waals surface area contributed by atoms with Crippen LogP contribution in [0.4, 0.5) is 8.78 Å². The molecule has 6 nitrogen and oxygen atoms in total. The summed E-state index contributed by atoms with van der Waals surface area (Å²) >= 11 is 16.1. The van der Waals surface area contributed by atoms with E-state index in [1.54, 1.807) is 36.7 Å². The monoisotopic (exact) mass is 757 g/mol. The second kappa shape index (κ2) is 14.7. The highest BCUT2D eigenvalue weighted by molar-refractivity contribution is 9.10. The van der Waals surface area contributed by atoms with Gasteiger partial charge >= 0.3 is 5.97 Å². The Bertz CT molecular complexity index is 2370. The lowest BCUT2D eigenvalue weighted by molar-refractivity contribution is -0.139. The van der Waals surface area contributed by atoms with Crippen LogP contribution in [0.25, 0.3) is 43.6 Å². The highest BCUT2D eigenvalue weighted by Gasteiger charge is 2.26. The Morgan fingerprint density at radius 3 is 2.08 bits per heavy atom. The molecule has 2 N–H and O–H groups in total. The molecule has 0 aliphatic rings. The number of hydrogen-bond acceptors (Lipinski definition) is 4. The first-order valence-electron chi connectivity index (χ1n) is 14.8. The van der Waals surface area contributed by atoms with Crippen LogP contribution in [0.2, 0.25) is 10.0 Å². The van der Waals surface area contributed by atoms with E-state index in [4.69, 9.17) is 23.2 Å². The van der Waals surface area contributed by atoms with Gasteiger partial charge in [0.25, 0.3) is 5.91 Å². The number of carboxylic acids is 1. The number of aromatic nitrogens is 2. The van der Waals surface area contributed by atoms with Crippen LogP contribution >= 0.6 is 39.1 Å². The maximum absolute atomic E-state index is 14.1. The lowest BCUT2D eigenvalue weighted by atomic mass is 9.94. The van der Waals surface area contributed by atoms with Crippen molar-refractivity contribution < 1.29 is 23.5 Å². The Morgan fingerprint density at radius 2 is 1.37 bits per heavy atom. The Balaban J connectivity index is 0.000000291. The first-order chi connectivity index (χ1) is 23.6. The predicted molar refractivity (Wildman–Crippen MR) is 193 cm³/mol. The fraction of sp³-hybridized carbons (Fsp3) is 0.0526. The minimum atomic E-state index is -1.44. The summed E-state index contributed by atoms with van der Waals surface area (Å²) in [6, 6.07) is 28.1. The minimum Gasteiger partial charge on any atom is -0.480 e. The van der Waals surface area contributed by atoms with Gasteiger partial charge in [-0.15, -0.1) is 0 Å². The Labute approximate surface area is 297 Å². The summed E-state index contributed by atoms with van der Waals surface area (Å²) in [5.41, 5.74) is 1.90. The molecule has 5 aromatic carbocycles. The average Bonchev–Trinajstić information content (AvgIpc) is 3.10. The lowest BCUT2D eigenvalue weighted by Crippen LogP contribution is -2.43. The molecule has 0 aliphatic carbocycles. The number of rotatable bonds is 6. The Hall–Kier alpha value is -4.96. The van der Waals surface area contributed by atoms with Crippen molar-refractivity contribution in [2.24, 2.45) is 0 Å². The van der Waals surface area contributed by atoms with Gasteiger partial charge < -0.3 is 10.4 Å². The van der Waals surface area contributed by atoms with E-state index in [1.165, 1.54) is 0 Å². The topological polar surface area (TPSA) is 92.2 Å². The zero-order chi connectivity index (χ0) is 34.7. The first-order valence-corrected chi connectivity index (χ1v) is 16.4. The van der Waals surface area contributed by atoms with Crippen molar-refractivity contribution in [1.82, 2.24) is 15.3 Å². The molecule has 0 fully saturated rings. The van der Waals surface area contributed by atoms with Crippen molar-refractivity contribution in [2.45, 2.75) is 12.5 Å². The van der Waals surface area contributed by atoms with Gasteiger partial charge in [-0.25, -0.2) is 18.6 Å². The zero-order valence-electron chi connectivity index (χ0n) is 25.3. The summed E-state index contributed by atoms with van der Waals surface area (Å²) in [5.74, 6) is -4.64. The van der Waals surface area contributed by atoms with Crippen LogP contribution in [0, 0.1) is 11.6 Å². The third kappa shape index (κ3) is 7.10. The highest BCUT2D eigenvalue weighted by atomic mass is 79.9. The van der Waals surface area contributed by atoms with Gasteiger partial charge in [-0.2, -0.15) is 0 Å². The van der Waals surface area contributed by atoms with Crippen LogP contribution in [0.1, 0.15) is 15.9 Å². The smallest absolute Gasteiger partial charge is 0.326 e. The molecule has 0 saturated carbocycles. The van der Waals surface area contributed by atoms with Gasteiger partial charge in [0, 0.05) is 51.5 Å². The number of nitrogens with one attached hydrogen (secondary N) is 1. The second-order valence-electron chi connectivity index (χ2n) is 10.9. The molecule has 11 heteroatoms. The first kappa shape index (κ1) is 33.9. The molecule has 2 heterocycles. The molecule has 0 aliphatic heterocycles. The molecular formula is C38H24BrCl2F2N3O3. The summed E-state index contributed by atoms with van der Waals surface area (Å²) in [4.78, 5) is 33.2. The van der Waals surface area contributed by atoms with Crippen LogP contribution < -0.4 is 5.32 Å². The third-order valence-electron chi connectivity index (χ3n) is 7.93. The van der Waals surface area contributed by atoms with Crippen LogP contribution in [-0.4, -0.2) is 33.0 Å². The molecule has 244 valence electrons. The standard InChI is InChI=1S/C29H19ClF2N2O3.C9H5BrClN/c30-26-18-6-2-1-5-16(18)10-12-20(26)21-13-11-17(19-7-4-14-33-27(19)21)15-24(29(36)37)34-28(35)25-22(31)8-3-9-23(25)32;10-9-8(11)7-4-2-1-3-6(7)5-12-9/h1-14,24H,15H2,(H,34,35)(H,36,37);1-5H/t24-;/m0./s1. The van der Waals surface area contributed by atoms with E-state index in [-0.39, 0.29) is 6.42 Å². The molecule has 7 rings (SSSR count). The average molecular weight is 759 g/mol. The summed E-state index contributed by atoms with van der Waals surface area (Å²) in [5, 5.41) is 17.9. The SMILES string of the molecule is Clc1c(Br)ncc2ccccc12.O=C(N[C@@H](Cc1ccc(-c2ccc3ccccc3c2Cl)c2ncccc12)C(=O)O)c1c(F)cccc1F. The number of amides is 1. The van der Waals surface area contributed by atoms with Gasteiger partial charge in [-0.1, -0.05) is 108 Å². The maximum atomic E-state index is 14.1. The predicted octanol–water partition coefficient (Wildman–Crippen LogP) is 10.1. The maximum Gasteiger partial charge on any atom is 0.326 e. The summed E-state index contributed by atoms with van der Waals surface area (Å²) in [7, 11) is 0. The number of carbonyl (C=O) groups is 2. The van der Waals surface area contributed by atoms with Crippen molar-refractivity contribution in [1.29, 1.82) is 0 Å².